The summed E-state index contributed by atoms with van der Waals surface area (Å²) in [5.74, 6) is 0. The van der Waals surface area contributed by atoms with Crippen LogP contribution in [0.3, 0.4) is 0 Å². The Balaban J connectivity index is 3.15. The first kappa shape index (κ1) is 13.4. The number of aryl methyl sites for hydroxylation is 2. The van der Waals surface area contributed by atoms with E-state index >= 15 is 0 Å². The van der Waals surface area contributed by atoms with Crippen molar-refractivity contribution in [3.05, 3.63) is 33.8 Å². The second kappa shape index (κ2) is 5.14. The van der Waals surface area contributed by atoms with Crippen LogP contribution in [0.4, 0.5) is 0 Å². The van der Waals surface area contributed by atoms with Crippen molar-refractivity contribution in [3.63, 3.8) is 0 Å². The summed E-state index contributed by atoms with van der Waals surface area (Å²) in [5, 5.41) is 0.679. The Hall–Kier alpha value is 0.380. The summed E-state index contributed by atoms with van der Waals surface area (Å²) in [7, 11) is 0. The van der Waals surface area contributed by atoms with E-state index in [1.54, 1.807) is 0 Å². The molecule has 1 aromatic carbocycles. The SMILES string of the molecule is CCc1cc(C)cc(Cl)c1CC(Cl)(Cl)Cl. The molecule has 0 saturated heterocycles. The van der Waals surface area contributed by atoms with Gasteiger partial charge in [0.1, 0.15) is 0 Å². The molecule has 0 aromatic heterocycles. The van der Waals surface area contributed by atoms with Crippen molar-refractivity contribution in [3.8, 4) is 0 Å². The van der Waals surface area contributed by atoms with Gasteiger partial charge in [-0.2, -0.15) is 0 Å². The van der Waals surface area contributed by atoms with Crippen LogP contribution < -0.4 is 0 Å². The van der Waals surface area contributed by atoms with Crippen LogP contribution >= 0.6 is 46.4 Å². The maximum absolute atomic E-state index is 6.14. The van der Waals surface area contributed by atoms with Gasteiger partial charge in [-0.15, -0.1) is 0 Å². The Bertz CT molecular complexity index is 352. The third kappa shape index (κ3) is 4.03. The quantitative estimate of drug-likeness (QED) is 0.661. The highest BCUT2D eigenvalue weighted by atomic mass is 35.6. The fourth-order valence-electron chi connectivity index (χ4n) is 1.56. The molecular weight excluding hydrogens is 274 g/mol. The molecule has 4 heteroatoms. The van der Waals surface area contributed by atoms with Crippen LogP contribution in [0.1, 0.15) is 23.6 Å². The molecule has 0 aliphatic carbocycles. The van der Waals surface area contributed by atoms with Gasteiger partial charge in [-0.05, 0) is 36.1 Å². The van der Waals surface area contributed by atoms with Crippen molar-refractivity contribution >= 4 is 46.4 Å². The van der Waals surface area contributed by atoms with Gasteiger partial charge in [0.2, 0.25) is 0 Å². The summed E-state index contributed by atoms with van der Waals surface area (Å²) in [6.45, 7) is 4.07. The lowest BCUT2D eigenvalue weighted by Crippen LogP contribution is -2.09. The molecule has 0 fully saturated rings. The van der Waals surface area contributed by atoms with E-state index in [9.17, 15) is 0 Å². The Morgan fingerprint density at radius 1 is 1.20 bits per heavy atom. The van der Waals surface area contributed by atoms with E-state index in [1.165, 1.54) is 0 Å². The molecule has 1 aromatic rings. The number of hydrogen-bond acceptors (Lipinski definition) is 0. The molecule has 0 spiro atoms. The predicted octanol–water partition coefficient (Wildman–Crippen LogP) is 5.12. The van der Waals surface area contributed by atoms with Crippen LogP contribution in [0.15, 0.2) is 12.1 Å². The number of hydrogen-bond donors (Lipinski definition) is 0. The molecule has 0 bridgehead atoms. The summed E-state index contributed by atoms with van der Waals surface area (Å²) < 4.78 is -1.29. The Labute approximate surface area is 110 Å². The lowest BCUT2D eigenvalue weighted by atomic mass is 10.0. The maximum atomic E-state index is 6.14. The molecule has 0 N–H and O–H groups in total. The zero-order valence-electron chi connectivity index (χ0n) is 8.58. The highest BCUT2D eigenvalue weighted by Crippen LogP contribution is 2.35. The van der Waals surface area contributed by atoms with Crippen molar-refractivity contribution in [2.45, 2.75) is 30.5 Å². The maximum Gasteiger partial charge on any atom is 0.194 e. The van der Waals surface area contributed by atoms with E-state index < -0.39 is 3.79 Å². The van der Waals surface area contributed by atoms with Crippen LogP contribution in [0.5, 0.6) is 0 Å². The number of rotatable bonds is 2. The van der Waals surface area contributed by atoms with Crippen LogP contribution in [-0.2, 0) is 12.8 Å². The van der Waals surface area contributed by atoms with Crippen molar-refractivity contribution in [2.75, 3.05) is 0 Å². The molecule has 0 nitrogen and oxygen atoms in total. The monoisotopic (exact) mass is 284 g/mol. The smallest absolute Gasteiger partial charge is 0.0840 e. The van der Waals surface area contributed by atoms with Crippen LogP contribution in [0, 0.1) is 6.92 Å². The largest absolute Gasteiger partial charge is 0.194 e. The lowest BCUT2D eigenvalue weighted by Gasteiger charge is -2.16. The van der Waals surface area contributed by atoms with Gasteiger partial charge < -0.3 is 0 Å². The first-order chi connectivity index (χ1) is 6.83. The molecule has 0 amide bonds. The van der Waals surface area contributed by atoms with Gasteiger partial charge in [-0.3, -0.25) is 0 Å². The average Bonchev–Trinajstić information content (AvgIpc) is 2.07. The van der Waals surface area contributed by atoms with Gasteiger partial charge in [0.25, 0.3) is 0 Å². The zero-order chi connectivity index (χ0) is 11.6. The van der Waals surface area contributed by atoms with E-state index in [2.05, 4.69) is 13.0 Å². The van der Waals surface area contributed by atoms with E-state index in [0.717, 1.165) is 23.1 Å². The summed E-state index contributed by atoms with van der Waals surface area (Å²) in [6.07, 6.45) is 1.23. The Morgan fingerprint density at radius 3 is 2.27 bits per heavy atom. The summed E-state index contributed by atoms with van der Waals surface area (Å²) >= 11 is 23.5. The minimum Gasteiger partial charge on any atom is -0.0840 e. The fraction of sp³-hybridized carbons (Fsp3) is 0.455. The first-order valence-electron chi connectivity index (χ1n) is 4.68. The molecule has 1 rings (SSSR count). The predicted molar refractivity (Wildman–Crippen MR) is 69.6 cm³/mol. The zero-order valence-corrected chi connectivity index (χ0v) is 11.6. The van der Waals surface area contributed by atoms with Gasteiger partial charge in [-0.25, -0.2) is 0 Å². The van der Waals surface area contributed by atoms with E-state index in [0.29, 0.717) is 11.4 Å². The molecule has 0 aliphatic heterocycles. The molecule has 0 unspecified atom stereocenters. The van der Waals surface area contributed by atoms with Crippen molar-refractivity contribution in [1.82, 2.24) is 0 Å². The second-order valence-electron chi connectivity index (χ2n) is 3.53. The van der Waals surface area contributed by atoms with Gasteiger partial charge in [0.15, 0.2) is 3.79 Å². The van der Waals surface area contributed by atoms with Crippen LogP contribution in [0.25, 0.3) is 0 Å². The van der Waals surface area contributed by atoms with Gasteiger partial charge in [-0.1, -0.05) is 59.4 Å². The molecular formula is C11H12Cl4. The lowest BCUT2D eigenvalue weighted by molar-refractivity contribution is 0.969. The highest BCUT2D eigenvalue weighted by molar-refractivity contribution is 6.67. The molecule has 15 heavy (non-hydrogen) atoms. The van der Waals surface area contributed by atoms with E-state index in [1.807, 2.05) is 13.0 Å². The van der Waals surface area contributed by atoms with Gasteiger partial charge in [0.05, 0.1) is 0 Å². The molecule has 0 atom stereocenters. The first-order valence-corrected chi connectivity index (χ1v) is 6.19. The third-order valence-corrected chi connectivity index (χ3v) is 2.93. The van der Waals surface area contributed by atoms with Crippen molar-refractivity contribution < 1.29 is 0 Å². The van der Waals surface area contributed by atoms with Crippen molar-refractivity contribution in [1.29, 1.82) is 0 Å². The number of alkyl halides is 3. The molecule has 0 aliphatic rings. The normalized spacial score (nSPS) is 11.9. The van der Waals surface area contributed by atoms with Crippen LogP contribution in [-0.4, -0.2) is 3.79 Å². The number of benzene rings is 1. The molecule has 84 valence electrons. The Kier molecular flexibility index (Phi) is 4.61. The summed E-state index contributed by atoms with van der Waals surface area (Å²) in [6, 6.07) is 3.98. The topological polar surface area (TPSA) is 0 Å². The number of halogens is 4. The highest BCUT2D eigenvalue weighted by Gasteiger charge is 2.23. The molecule has 0 radical (unpaired) electrons. The second-order valence-corrected chi connectivity index (χ2v) is 6.45. The average molecular weight is 286 g/mol. The van der Waals surface area contributed by atoms with Gasteiger partial charge >= 0.3 is 0 Å². The van der Waals surface area contributed by atoms with Gasteiger partial charge in [0, 0.05) is 11.4 Å². The van der Waals surface area contributed by atoms with Crippen molar-refractivity contribution in [2.24, 2.45) is 0 Å². The minimum atomic E-state index is -1.29. The van der Waals surface area contributed by atoms with E-state index in [-0.39, 0.29) is 0 Å². The van der Waals surface area contributed by atoms with Crippen LogP contribution in [0.2, 0.25) is 5.02 Å². The standard InChI is InChI=1S/C11H12Cl4/c1-3-8-4-7(2)5-10(12)9(8)6-11(13,14)15/h4-5H,3,6H2,1-2H3. The third-order valence-electron chi connectivity index (χ3n) is 2.19. The summed E-state index contributed by atoms with van der Waals surface area (Å²) in [4.78, 5) is 0. The Morgan fingerprint density at radius 2 is 1.80 bits per heavy atom. The molecule has 0 saturated carbocycles. The summed E-state index contributed by atoms with van der Waals surface area (Å²) in [5.41, 5.74) is 3.21. The fourth-order valence-corrected chi connectivity index (χ4v) is 2.32. The molecule has 0 heterocycles. The van der Waals surface area contributed by atoms with E-state index in [4.69, 9.17) is 46.4 Å². The minimum absolute atomic E-state index is 0.347.